The number of hydrogen-bond donors (Lipinski definition) is 0. The number of nitrogens with zero attached hydrogens (tertiary/aromatic N) is 2. The van der Waals surface area contributed by atoms with Crippen molar-refractivity contribution < 1.29 is 38.2 Å². The van der Waals surface area contributed by atoms with Gasteiger partial charge in [-0.3, -0.25) is 19.2 Å². The largest absolute Gasteiger partial charge is 0.492 e. The van der Waals surface area contributed by atoms with Crippen molar-refractivity contribution in [2.24, 2.45) is 29.6 Å². The second-order valence-electron chi connectivity index (χ2n) is 10.3. The third-order valence-corrected chi connectivity index (χ3v) is 9.61. The van der Waals surface area contributed by atoms with E-state index in [1.165, 1.54) is 13.2 Å². The number of benzene rings is 2. The van der Waals surface area contributed by atoms with E-state index < -0.39 is 63.5 Å². The maximum atomic E-state index is 14.2. The smallest absolute Gasteiger partial charge is 0.333 e. The summed E-state index contributed by atoms with van der Waals surface area (Å²) in [6, 6.07) is 13.4. The normalized spacial score (nSPS) is 29.9. The lowest BCUT2D eigenvalue weighted by Gasteiger charge is -2.51. The molecule has 2 heterocycles. The maximum Gasteiger partial charge on any atom is 0.333 e. The van der Waals surface area contributed by atoms with Gasteiger partial charge in [-0.25, -0.2) is 14.6 Å². The molecule has 4 amide bonds. The molecule has 0 radical (unpaired) electrons. The quantitative estimate of drug-likeness (QED) is 0.262. The molecule has 2 aromatic carbocycles. The Balaban J connectivity index is 1.50. The van der Waals surface area contributed by atoms with Gasteiger partial charge in [-0.05, 0) is 38.1 Å². The molecule has 4 atom stereocenters. The topological polar surface area (TPSA) is 120 Å². The highest BCUT2D eigenvalue weighted by molar-refractivity contribution is 9.10. The van der Waals surface area contributed by atoms with Gasteiger partial charge in [0.1, 0.15) is 11.5 Å². The third kappa shape index (κ3) is 3.64. The molecule has 0 spiro atoms. The van der Waals surface area contributed by atoms with E-state index in [4.69, 9.17) is 14.2 Å². The maximum absolute atomic E-state index is 14.2. The number of rotatable bonds is 7. The van der Waals surface area contributed by atoms with Gasteiger partial charge in [0.2, 0.25) is 23.6 Å². The van der Waals surface area contributed by atoms with Gasteiger partial charge in [-0.2, -0.15) is 0 Å². The van der Waals surface area contributed by atoms with Crippen molar-refractivity contribution >= 4 is 56.9 Å². The average Bonchev–Trinajstić information content (AvgIpc) is 3.40. The lowest BCUT2D eigenvalue weighted by atomic mass is 9.52. The van der Waals surface area contributed by atoms with Gasteiger partial charge in [0.15, 0.2) is 0 Å². The van der Waals surface area contributed by atoms with Gasteiger partial charge in [0.05, 0.1) is 59.7 Å². The first-order valence-electron chi connectivity index (χ1n) is 13.4. The number of ether oxygens (including phenoxy) is 3. The molecule has 0 N–H and O–H groups in total. The summed E-state index contributed by atoms with van der Waals surface area (Å²) in [6.07, 6.45) is 1.51. The molecule has 11 heteroatoms. The van der Waals surface area contributed by atoms with E-state index in [2.05, 4.69) is 15.9 Å². The Labute approximate surface area is 244 Å². The Morgan fingerprint density at radius 1 is 0.756 bits per heavy atom. The number of hydrogen-bond acceptors (Lipinski definition) is 8. The summed E-state index contributed by atoms with van der Waals surface area (Å²) in [5.41, 5.74) is 0.627. The number of carbonyl (C=O) groups is 5. The molecule has 2 saturated heterocycles. The molecule has 5 aliphatic rings. The number of methoxy groups -OCH3 is 1. The van der Waals surface area contributed by atoms with E-state index in [1.807, 2.05) is 0 Å². The van der Waals surface area contributed by atoms with Crippen molar-refractivity contribution in [3.05, 3.63) is 60.2 Å². The summed E-state index contributed by atoms with van der Waals surface area (Å²) in [7, 11) is 1.21. The molecule has 2 bridgehead atoms. The van der Waals surface area contributed by atoms with Crippen LogP contribution in [0.4, 0.5) is 11.4 Å². The van der Waals surface area contributed by atoms with Crippen molar-refractivity contribution in [1.29, 1.82) is 0 Å². The number of halogens is 1. The molecule has 2 aromatic rings. The fraction of sp³-hybridized carbons (Fsp3) is 0.367. The predicted molar refractivity (Wildman–Crippen MR) is 149 cm³/mol. The predicted octanol–water partition coefficient (Wildman–Crippen LogP) is 3.27. The second-order valence-corrected chi connectivity index (χ2v) is 11.7. The standard InChI is InChI=1S/C30H27BrN2O8/c1-4-40-18-12-8-6-10-16(18)32-25(34)21-20-15(29(38)39-3)14-30(31,23(21)27(32)36)24-22(20)26(35)33(28(24)37)17-11-7-9-13-19(17)41-5-2/h6-14,20-24H,4-5H2,1-3H3. The Bertz CT molecular complexity index is 1440. The van der Waals surface area contributed by atoms with Crippen LogP contribution in [0.1, 0.15) is 13.8 Å². The molecule has 10 nitrogen and oxygen atoms in total. The minimum Gasteiger partial charge on any atom is -0.492 e. The van der Waals surface area contributed by atoms with Crippen LogP contribution in [0.5, 0.6) is 11.5 Å². The fourth-order valence-electron chi connectivity index (χ4n) is 6.98. The third-order valence-electron chi connectivity index (χ3n) is 8.40. The Kier molecular flexibility index (Phi) is 6.52. The summed E-state index contributed by atoms with van der Waals surface area (Å²) >= 11 is 3.67. The van der Waals surface area contributed by atoms with Gasteiger partial charge < -0.3 is 14.2 Å². The number of anilines is 2. The van der Waals surface area contributed by atoms with Crippen molar-refractivity contribution in [2.75, 3.05) is 30.1 Å². The van der Waals surface area contributed by atoms with Gasteiger partial charge >= 0.3 is 5.97 Å². The molecular weight excluding hydrogens is 596 g/mol. The summed E-state index contributed by atoms with van der Waals surface area (Å²) in [6.45, 7) is 4.20. The molecule has 1 saturated carbocycles. The summed E-state index contributed by atoms with van der Waals surface area (Å²) < 4.78 is 14.9. The minimum atomic E-state index is -1.51. The van der Waals surface area contributed by atoms with Crippen LogP contribution in [0.25, 0.3) is 0 Å². The summed E-state index contributed by atoms with van der Waals surface area (Å²) in [4.78, 5) is 71.9. The number of esters is 1. The number of amides is 4. The molecule has 2 aliphatic heterocycles. The van der Waals surface area contributed by atoms with E-state index in [1.54, 1.807) is 62.4 Å². The lowest BCUT2D eigenvalue weighted by molar-refractivity contribution is -0.143. The average molecular weight is 623 g/mol. The van der Waals surface area contributed by atoms with Crippen LogP contribution in [-0.4, -0.2) is 54.2 Å². The van der Waals surface area contributed by atoms with Crippen molar-refractivity contribution in [3.8, 4) is 11.5 Å². The SMILES string of the molecule is CCOc1ccccc1N1C(=O)C2C3C(C(=O)OC)=CC(Br)(C2C1=O)C1C(=O)N(c2ccccc2OCC)C(=O)C31. The van der Waals surface area contributed by atoms with Crippen molar-refractivity contribution in [1.82, 2.24) is 0 Å². The molecule has 212 valence electrons. The van der Waals surface area contributed by atoms with E-state index in [0.717, 1.165) is 9.80 Å². The molecule has 0 aromatic heterocycles. The number of imide groups is 2. The van der Waals surface area contributed by atoms with Crippen LogP contribution in [-0.2, 0) is 28.7 Å². The Hall–Kier alpha value is -3.99. The van der Waals surface area contributed by atoms with Crippen molar-refractivity contribution in [2.45, 2.75) is 18.2 Å². The molecular formula is C30H27BrN2O8. The highest BCUT2D eigenvalue weighted by atomic mass is 79.9. The number of allylic oxidation sites excluding steroid dienone is 1. The number of alkyl halides is 1. The molecule has 3 fully saturated rings. The van der Waals surface area contributed by atoms with E-state index in [9.17, 15) is 24.0 Å². The van der Waals surface area contributed by atoms with Gasteiger partial charge in [-0.15, -0.1) is 0 Å². The Morgan fingerprint density at radius 2 is 1.20 bits per heavy atom. The lowest BCUT2D eigenvalue weighted by Crippen LogP contribution is -2.61. The van der Waals surface area contributed by atoms with Crippen LogP contribution < -0.4 is 19.3 Å². The van der Waals surface area contributed by atoms with Crippen molar-refractivity contribution in [3.63, 3.8) is 0 Å². The Morgan fingerprint density at radius 3 is 1.61 bits per heavy atom. The zero-order valence-corrected chi connectivity index (χ0v) is 24.1. The zero-order valence-electron chi connectivity index (χ0n) is 22.5. The first-order valence-corrected chi connectivity index (χ1v) is 14.2. The van der Waals surface area contributed by atoms with Crippen LogP contribution in [0.3, 0.4) is 0 Å². The van der Waals surface area contributed by atoms with E-state index >= 15 is 0 Å². The molecule has 4 unspecified atom stereocenters. The minimum absolute atomic E-state index is 0.0917. The monoisotopic (exact) mass is 622 g/mol. The summed E-state index contributed by atoms with van der Waals surface area (Å²) in [5, 5.41) is 0. The highest BCUT2D eigenvalue weighted by Crippen LogP contribution is 2.66. The van der Waals surface area contributed by atoms with Crippen LogP contribution in [0.15, 0.2) is 60.2 Å². The van der Waals surface area contributed by atoms with E-state index in [-0.39, 0.29) is 16.9 Å². The first kappa shape index (κ1) is 27.2. The van der Waals surface area contributed by atoms with Crippen LogP contribution >= 0.6 is 15.9 Å². The van der Waals surface area contributed by atoms with Crippen LogP contribution in [0.2, 0.25) is 0 Å². The van der Waals surface area contributed by atoms with E-state index in [0.29, 0.717) is 24.7 Å². The van der Waals surface area contributed by atoms with Gasteiger partial charge in [0, 0.05) is 11.5 Å². The molecule has 41 heavy (non-hydrogen) atoms. The molecule has 7 rings (SSSR count). The van der Waals surface area contributed by atoms with Gasteiger partial charge in [-0.1, -0.05) is 46.3 Å². The molecule has 3 aliphatic carbocycles. The number of para-hydroxylation sites is 4. The fourth-order valence-corrected chi connectivity index (χ4v) is 8.19. The van der Waals surface area contributed by atoms with Gasteiger partial charge in [0.25, 0.3) is 0 Å². The first-order chi connectivity index (χ1) is 19.7. The highest BCUT2D eigenvalue weighted by Gasteiger charge is 2.76. The summed E-state index contributed by atoms with van der Waals surface area (Å²) in [5.74, 6) is -7.59. The second kappa shape index (κ2) is 9.83. The van der Waals surface area contributed by atoms with Crippen LogP contribution in [0, 0.1) is 29.6 Å². The zero-order chi connectivity index (χ0) is 29.2. The number of carbonyl (C=O) groups excluding carboxylic acids is 5.